The van der Waals surface area contributed by atoms with Crippen molar-refractivity contribution in [3.63, 3.8) is 0 Å². The van der Waals surface area contributed by atoms with Crippen molar-refractivity contribution in [2.75, 3.05) is 5.75 Å². The third-order valence-corrected chi connectivity index (χ3v) is 4.52. The van der Waals surface area contributed by atoms with Gasteiger partial charge in [0.25, 0.3) is 0 Å². The van der Waals surface area contributed by atoms with E-state index in [1.807, 2.05) is 0 Å². The molecule has 3 heteroatoms. The van der Waals surface area contributed by atoms with E-state index >= 15 is 0 Å². The second kappa shape index (κ2) is 10.1. The maximum Gasteiger partial charge on any atom is 0.0102 e. The smallest absolute Gasteiger partial charge is 0.0102 e. The molecule has 0 spiro atoms. The molecule has 1 atom stereocenters. The van der Waals surface area contributed by atoms with Crippen LogP contribution < -0.4 is 0 Å². The van der Waals surface area contributed by atoms with Crippen LogP contribution in [0.15, 0.2) is 0 Å². The molecule has 1 rings (SSSR count). The van der Waals surface area contributed by atoms with Crippen molar-refractivity contribution in [2.24, 2.45) is 5.92 Å². The molecule has 1 aliphatic carbocycles. The van der Waals surface area contributed by atoms with Crippen LogP contribution in [0, 0.1) is 5.92 Å². The van der Waals surface area contributed by atoms with Crippen molar-refractivity contribution in [1.29, 1.82) is 0 Å². The topological polar surface area (TPSA) is 40.1 Å². The Morgan fingerprint density at radius 3 is 2.12 bits per heavy atom. The van der Waals surface area contributed by atoms with E-state index in [1.54, 1.807) is 0 Å². The van der Waals surface area contributed by atoms with Crippen molar-refractivity contribution < 1.29 is 8.76 Å². The molecule has 0 aromatic carbocycles. The third-order valence-electron chi connectivity index (χ3n) is 3.90. The molecular formula is C14H27O2S-. The first-order valence-electron chi connectivity index (χ1n) is 7.35. The molecule has 0 N–H and O–H groups in total. The summed E-state index contributed by atoms with van der Waals surface area (Å²) in [6.07, 6.45) is 15.9. The van der Waals surface area contributed by atoms with Crippen molar-refractivity contribution in [3.8, 4) is 0 Å². The Balaban J connectivity index is 1.95. The van der Waals surface area contributed by atoms with Crippen LogP contribution in [0.3, 0.4) is 0 Å². The zero-order valence-electron chi connectivity index (χ0n) is 11.0. The molecule has 1 fully saturated rings. The molecule has 1 saturated carbocycles. The van der Waals surface area contributed by atoms with Crippen molar-refractivity contribution in [2.45, 2.75) is 77.0 Å². The Bertz CT molecular complexity index is 198. The molecule has 1 unspecified atom stereocenters. The fourth-order valence-electron chi connectivity index (χ4n) is 2.84. The molecule has 17 heavy (non-hydrogen) atoms. The monoisotopic (exact) mass is 259 g/mol. The van der Waals surface area contributed by atoms with E-state index in [9.17, 15) is 8.76 Å². The zero-order valence-corrected chi connectivity index (χ0v) is 11.8. The normalized spacial score (nSPS) is 20.8. The fraction of sp³-hybridized carbons (Fsp3) is 1.00. The summed E-state index contributed by atoms with van der Waals surface area (Å²) in [5, 5.41) is 0. The van der Waals surface area contributed by atoms with E-state index in [-0.39, 0.29) is 0 Å². The van der Waals surface area contributed by atoms with E-state index in [0.29, 0.717) is 5.75 Å². The van der Waals surface area contributed by atoms with Gasteiger partial charge in [-0.2, -0.15) is 0 Å². The Labute approximate surface area is 109 Å². The third kappa shape index (κ3) is 8.78. The highest BCUT2D eigenvalue weighted by Crippen LogP contribution is 2.26. The minimum atomic E-state index is -1.83. The van der Waals surface area contributed by atoms with Gasteiger partial charge in [-0.3, -0.25) is 4.21 Å². The van der Waals surface area contributed by atoms with Crippen LogP contribution in [0.5, 0.6) is 0 Å². The van der Waals surface area contributed by atoms with Gasteiger partial charge in [0.05, 0.1) is 0 Å². The molecule has 0 aliphatic heterocycles. The lowest BCUT2D eigenvalue weighted by molar-refractivity contribution is 0.347. The predicted octanol–water partition coefficient (Wildman–Crippen LogP) is 4.18. The number of hydrogen-bond acceptors (Lipinski definition) is 2. The first kappa shape index (κ1) is 15.2. The average Bonchev–Trinajstić information content (AvgIpc) is 2.25. The second-order valence-corrected chi connectivity index (χ2v) is 6.44. The lowest BCUT2D eigenvalue weighted by atomic mass is 9.87. The predicted molar refractivity (Wildman–Crippen MR) is 72.7 cm³/mol. The molecular weight excluding hydrogens is 232 g/mol. The number of hydrogen-bond donors (Lipinski definition) is 0. The Morgan fingerprint density at radius 1 is 0.882 bits per heavy atom. The number of rotatable bonds is 7. The largest absolute Gasteiger partial charge is 0.772 e. The van der Waals surface area contributed by atoms with E-state index < -0.39 is 11.1 Å². The first-order chi connectivity index (χ1) is 8.29. The maximum atomic E-state index is 10.4. The second-order valence-electron chi connectivity index (χ2n) is 5.42. The van der Waals surface area contributed by atoms with Crippen LogP contribution in [0.1, 0.15) is 77.0 Å². The summed E-state index contributed by atoms with van der Waals surface area (Å²) in [5.41, 5.74) is 0. The van der Waals surface area contributed by atoms with Crippen molar-refractivity contribution in [1.82, 2.24) is 0 Å². The molecule has 0 aromatic rings. The summed E-state index contributed by atoms with van der Waals surface area (Å²) in [7, 11) is 0. The van der Waals surface area contributed by atoms with Gasteiger partial charge in [0.1, 0.15) is 0 Å². The highest BCUT2D eigenvalue weighted by molar-refractivity contribution is 7.79. The first-order valence-corrected chi connectivity index (χ1v) is 8.59. The Kier molecular flexibility index (Phi) is 8.99. The van der Waals surface area contributed by atoms with Gasteiger partial charge in [0.15, 0.2) is 0 Å². The summed E-state index contributed by atoms with van der Waals surface area (Å²) in [4.78, 5) is 0. The average molecular weight is 259 g/mol. The van der Waals surface area contributed by atoms with Crippen molar-refractivity contribution >= 4 is 11.1 Å². The highest BCUT2D eigenvalue weighted by Gasteiger charge is 2.10. The zero-order chi connectivity index (χ0) is 12.3. The minimum absolute atomic E-state index is 0.351. The van der Waals surface area contributed by atoms with Gasteiger partial charge in [-0.05, 0) is 12.3 Å². The van der Waals surface area contributed by atoms with Gasteiger partial charge in [-0.1, -0.05) is 81.7 Å². The van der Waals surface area contributed by atoms with E-state index in [1.165, 1.54) is 64.2 Å². The van der Waals surface area contributed by atoms with E-state index in [4.69, 9.17) is 0 Å². The Morgan fingerprint density at radius 2 is 1.47 bits per heavy atom. The molecule has 0 aromatic heterocycles. The van der Waals surface area contributed by atoms with Crippen molar-refractivity contribution in [3.05, 3.63) is 0 Å². The summed E-state index contributed by atoms with van der Waals surface area (Å²) >= 11 is -1.83. The summed E-state index contributed by atoms with van der Waals surface area (Å²) < 4.78 is 20.7. The molecule has 0 radical (unpaired) electrons. The maximum absolute atomic E-state index is 10.4. The number of unbranched alkanes of at least 4 members (excludes halogenated alkanes) is 3. The van der Waals surface area contributed by atoms with E-state index in [2.05, 4.69) is 0 Å². The van der Waals surface area contributed by atoms with Gasteiger partial charge < -0.3 is 4.55 Å². The van der Waals surface area contributed by atoms with E-state index in [0.717, 1.165) is 18.8 Å². The van der Waals surface area contributed by atoms with Gasteiger partial charge in [0, 0.05) is 5.75 Å². The van der Waals surface area contributed by atoms with Gasteiger partial charge in [-0.15, -0.1) is 0 Å². The van der Waals surface area contributed by atoms with Crippen LogP contribution in [0.4, 0.5) is 0 Å². The molecule has 0 saturated heterocycles. The van der Waals surface area contributed by atoms with Gasteiger partial charge in [-0.25, -0.2) is 0 Å². The fourth-order valence-corrected chi connectivity index (χ4v) is 3.28. The summed E-state index contributed by atoms with van der Waals surface area (Å²) in [6, 6.07) is 0. The molecule has 0 heterocycles. The summed E-state index contributed by atoms with van der Waals surface area (Å²) in [6.45, 7) is 0. The van der Waals surface area contributed by atoms with Crippen LogP contribution in [0.2, 0.25) is 0 Å². The molecule has 0 amide bonds. The highest BCUT2D eigenvalue weighted by atomic mass is 32.2. The minimum Gasteiger partial charge on any atom is -0.772 e. The molecule has 2 nitrogen and oxygen atoms in total. The van der Waals surface area contributed by atoms with Crippen LogP contribution in [-0.4, -0.2) is 14.5 Å². The van der Waals surface area contributed by atoms with Gasteiger partial charge >= 0.3 is 0 Å². The standard InChI is InChI=1S/C14H28O2S/c15-17(16)13-9-5-4-8-12-14-10-6-2-1-3-7-11-14/h14H,1-13H2,(H,15,16)/p-1. The summed E-state index contributed by atoms with van der Waals surface area (Å²) in [5.74, 6) is 1.31. The van der Waals surface area contributed by atoms with Crippen LogP contribution in [0.25, 0.3) is 0 Å². The SMILES string of the molecule is O=S([O-])CCCCCCC1CCCCCCC1. The molecule has 102 valence electrons. The van der Waals surface area contributed by atoms with Gasteiger partial charge in [0.2, 0.25) is 0 Å². The molecule has 1 aliphatic rings. The lowest BCUT2D eigenvalue weighted by Crippen LogP contribution is -2.03. The van der Waals surface area contributed by atoms with Crippen LogP contribution in [-0.2, 0) is 11.1 Å². The van der Waals surface area contributed by atoms with Crippen LogP contribution >= 0.6 is 0 Å². The lowest BCUT2D eigenvalue weighted by Gasteiger charge is -2.19. The Hall–Kier alpha value is 0.110. The molecule has 0 bridgehead atoms. The quantitative estimate of drug-likeness (QED) is 0.508.